The molecule has 1 heterocycles. The molecular weight excluding hydrogens is 621 g/mol. The van der Waals surface area contributed by atoms with Crippen LogP contribution in [0, 0.1) is 51.2 Å². The number of hydrogen-bond acceptors (Lipinski definition) is 5. The highest BCUT2D eigenvalue weighted by atomic mass is 32.2. The Labute approximate surface area is 290 Å². The largest absolute Gasteiger partial charge is 0.481 e. The number of carbonyl (C=O) groups is 2. The van der Waals surface area contributed by atoms with E-state index in [0.29, 0.717) is 56.1 Å². The summed E-state index contributed by atoms with van der Waals surface area (Å²) in [7, 11) is -3.12. The lowest BCUT2D eigenvalue weighted by Gasteiger charge is -2.72. The normalized spacial score (nSPS) is 45.2. The Kier molecular flexibility index (Phi) is 8.46. The third-order valence-electron chi connectivity index (χ3n) is 16.7. The molecule has 268 valence electrons. The smallest absolute Gasteiger partial charge is 0.306 e. The topological polar surface area (TPSA) is 104 Å². The molecule has 1 amide bonds. The Bertz CT molecular complexity index is 1520. The molecule has 0 radical (unpaired) electrons. The zero-order valence-corrected chi connectivity index (χ0v) is 31.4. The van der Waals surface area contributed by atoms with Crippen LogP contribution in [0.2, 0.25) is 0 Å². The van der Waals surface area contributed by atoms with Crippen molar-refractivity contribution in [2.24, 2.45) is 51.2 Å². The lowest BCUT2D eigenvalue weighted by Crippen LogP contribution is -2.67. The quantitative estimate of drug-likeness (QED) is 0.308. The van der Waals surface area contributed by atoms with Crippen LogP contribution in [0.3, 0.4) is 0 Å². The van der Waals surface area contributed by atoms with Gasteiger partial charge in [-0.3, -0.25) is 9.59 Å². The van der Waals surface area contributed by atoms with Gasteiger partial charge in [-0.15, -0.1) is 0 Å². The van der Waals surface area contributed by atoms with Gasteiger partial charge in [-0.25, -0.2) is 8.42 Å². The molecule has 1 aliphatic heterocycles. The number of hydrogen-bond donors (Lipinski definition) is 2. The predicted octanol–water partition coefficient (Wildman–Crippen LogP) is 7.18. The van der Waals surface area contributed by atoms with Gasteiger partial charge < -0.3 is 15.3 Å². The van der Waals surface area contributed by atoms with Crippen molar-refractivity contribution in [2.75, 3.05) is 25.9 Å². The van der Waals surface area contributed by atoms with Crippen LogP contribution in [0.5, 0.6) is 0 Å². The van der Waals surface area contributed by atoms with Crippen LogP contribution in [-0.2, 0) is 19.4 Å². The Morgan fingerprint density at radius 2 is 1.67 bits per heavy atom. The van der Waals surface area contributed by atoms with Crippen LogP contribution in [0.25, 0.3) is 0 Å². The molecule has 0 aromatic heterocycles. The van der Waals surface area contributed by atoms with E-state index in [1.54, 1.807) is 4.90 Å². The zero-order valence-electron chi connectivity index (χ0n) is 30.6. The van der Waals surface area contributed by atoms with Crippen LogP contribution in [0.15, 0.2) is 23.3 Å². The van der Waals surface area contributed by atoms with Crippen LogP contribution < -0.4 is 5.32 Å². The van der Waals surface area contributed by atoms with E-state index in [1.165, 1.54) is 62.3 Å². The lowest BCUT2D eigenvalue weighted by atomic mass is 9.33. The summed E-state index contributed by atoms with van der Waals surface area (Å²) in [6, 6.07) is 0. The van der Waals surface area contributed by atoms with Gasteiger partial charge in [-0.2, -0.15) is 0 Å². The second-order valence-corrected chi connectivity index (χ2v) is 21.2. The Morgan fingerprint density at radius 3 is 2.33 bits per heavy atom. The number of carbonyl (C=O) groups excluding carboxylic acids is 1. The van der Waals surface area contributed by atoms with Crippen molar-refractivity contribution in [3.63, 3.8) is 0 Å². The van der Waals surface area contributed by atoms with Crippen molar-refractivity contribution in [1.29, 1.82) is 0 Å². The number of fused-ring (bicyclic) bond motifs is 7. The number of amides is 1. The minimum absolute atomic E-state index is 0.0257. The highest BCUT2D eigenvalue weighted by molar-refractivity contribution is 7.91. The Morgan fingerprint density at radius 1 is 0.896 bits per heavy atom. The van der Waals surface area contributed by atoms with Crippen molar-refractivity contribution < 1.29 is 23.1 Å². The minimum atomic E-state index is -3.12. The van der Waals surface area contributed by atoms with E-state index in [9.17, 15) is 23.1 Å². The molecule has 7 aliphatic rings. The van der Waals surface area contributed by atoms with Gasteiger partial charge in [0.15, 0.2) is 9.84 Å². The first-order chi connectivity index (χ1) is 22.5. The Balaban J connectivity index is 1.09. The van der Waals surface area contributed by atoms with E-state index >= 15 is 0 Å². The summed E-state index contributed by atoms with van der Waals surface area (Å²) < 4.78 is 24.2. The van der Waals surface area contributed by atoms with Gasteiger partial charge in [0, 0.05) is 24.9 Å². The van der Waals surface area contributed by atoms with Crippen molar-refractivity contribution in [1.82, 2.24) is 10.2 Å². The molecule has 3 unspecified atom stereocenters. The number of rotatable bonds is 6. The van der Waals surface area contributed by atoms with Crippen LogP contribution >= 0.6 is 0 Å². The fraction of sp³-hybridized carbons (Fsp3) is 0.850. The highest BCUT2D eigenvalue weighted by Gasteiger charge is 2.69. The monoisotopic (exact) mass is 682 g/mol. The molecular formula is C40H62N2O5S. The average Bonchev–Trinajstić information content (AvgIpc) is 3.69. The maximum atomic E-state index is 13.4. The van der Waals surface area contributed by atoms with Crippen molar-refractivity contribution in [3.8, 4) is 0 Å². The molecule has 0 aromatic carbocycles. The molecule has 0 bridgehead atoms. The van der Waals surface area contributed by atoms with Gasteiger partial charge in [-0.05, 0) is 140 Å². The first-order valence-corrected chi connectivity index (χ1v) is 21.3. The van der Waals surface area contributed by atoms with E-state index < -0.39 is 21.1 Å². The predicted molar refractivity (Wildman–Crippen MR) is 190 cm³/mol. The fourth-order valence-electron chi connectivity index (χ4n) is 14.0. The number of carboxylic acids is 1. The van der Waals surface area contributed by atoms with Gasteiger partial charge in [0.25, 0.3) is 0 Å². The molecule has 0 spiro atoms. The van der Waals surface area contributed by atoms with Gasteiger partial charge in [0.05, 0.1) is 17.7 Å². The summed E-state index contributed by atoms with van der Waals surface area (Å²) in [5, 5.41) is 13.0. The second kappa shape index (κ2) is 11.7. The van der Waals surface area contributed by atoms with E-state index in [1.807, 2.05) is 0 Å². The van der Waals surface area contributed by atoms with Crippen LogP contribution in [0.1, 0.15) is 125 Å². The van der Waals surface area contributed by atoms with Crippen molar-refractivity contribution >= 4 is 21.7 Å². The molecule has 48 heavy (non-hydrogen) atoms. The summed E-state index contributed by atoms with van der Waals surface area (Å²) in [4.78, 5) is 26.8. The summed E-state index contributed by atoms with van der Waals surface area (Å²) in [6.07, 6.45) is 21.2. The van der Waals surface area contributed by atoms with Crippen LogP contribution in [-0.4, -0.2) is 67.0 Å². The molecule has 7 rings (SSSR count). The average molecular weight is 683 g/mol. The molecule has 4 saturated carbocycles. The van der Waals surface area contributed by atoms with Gasteiger partial charge >= 0.3 is 5.97 Å². The second-order valence-electron chi connectivity index (χ2n) is 18.8. The molecule has 10 atom stereocenters. The number of nitrogens with one attached hydrogen (secondary N) is 1. The van der Waals surface area contributed by atoms with E-state index in [0.717, 1.165) is 32.1 Å². The third-order valence-corrected chi connectivity index (χ3v) is 18.3. The summed E-state index contributed by atoms with van der Waals surface area (Å²) >= 11 is 0. The molecule has 7 nitrogen and oxygen atoms in total. The minimum Gasteiger partial charge on any atom is -0.481 e. The summed E-state index contributed by atoms with van der Waals surface area (Å²) in [5.41, 5.74) is 3.83. The maximum absolute atomic E-state index is 13.4. The standard InChI is InChI=1S/C40H62N2O5S/c1-36(2)29(26-9-11-27(12-10-26)35(44)45)15-19-37(3)32(36)16-20-39(5)33(37)14-13-30-31-8-7-18-40(31,22-21-38(30,39)4)41-24-34(43)42-23-17-28(25-42)48(6,46)47/h9,15,27-28,30-33,41H,7-8,10-14,16-25H2,1-6H3,(H,44,45)/t27-,28?,30+,31+,32?,33?,37-,38+,39+,40-/m0/s1. The van der Waals surface area contributed by atoms with E-state index in [2.05, 4.69) is 52.1 Å². The molecule has 1 saturated heterocycles. The lowest BCUT2D eigenvalue weighted by molar-refractivity contribution is -0.218. The molecule has 5 fully saturated rings. The van der Waals surface area contributed by atoms with Crippen molar-refractivity contribution in [2.45, 2.75) is 135 Å². The van der Waals surface area contributed by atoms with Crippen molar-refractivity contribution in [3.05, 3.63) is 23.3 Å². The molecule has 2 N–H and O–H groups in total. The molecule has 8 heteroatoms. The van der Waals surface area contributed by atoms with Gasteiger partial charge in [0.2, 0.25) is 5.91 Å². The Hall–Kier alpha value is -1.67. The first-order valence-electron chi connectivity index (χ1n) is 19.3. The zero-order chi connectivity index (χ0) is 34.5. The molecule has 6 aliphatic carbocycles. The summed E-state index contributed by atoms with van der Waals surface area (Å²) in [5.74, 6) is 1.74. The van der Waals surface area contributed by atoms with Crippen LogP contribution in [0.4, 0.5) is 0 Å². The van der Waals surface area contributed by atoms with E-state index in [-0.39, 0.29) is 39.0 Å². The number of nitrogens with zero attached hydrogens (tertiary/aromatic N) is 1. The summed E-state index contributed by atoms with van der Waals surface area (Å²) in [6.45, 7) is 14.2. The van der Waals surface area contributed by atoms with Gasteiger partial charge in [0.1, 0.15) is 0 Å². The SMILES string of the molecule is CC1(C)C(C2=CC[C@H](C(=O)O)CC2)=CC[C@@]2(C)C1CC[C@]1(C)C2CC[C@@H]2[C@H]3CCC[C@]3(NCC(=O)N3CCC(S(C)(=O)=O)C3)CC[C@]21C. The van der Waals surface area contributed by atoms with Gasteiger partial charge in [-0.1, -0.05) is 53.2 Å². The number of allylic oxidation sites excluding steroid dienone is 4. The number of carboxylic acid groups (broad SMARTS) is 1. The number of aliphatic carboxylic acids is 1. The first kappa shape index (κ1) is 34.8. The van der Waals surface area contributed by atoms with E-state index in [4.69, 9.17) is 0 Å². The number of likely N-dealkylation sites (tertiary alicyclic amines) is 1. The maximum Gasteiger partial charge on any atom is 0.306 e. The molecule has 0 aromatic rings. The third kappa shape index (κ3) is 5.13. The number of sulfone groups is 1. The fourth-order valence-corrected chi connectivity index (χ4v) is 15.0. The highest BCUT2D eigenvalue weighted by Crippen LogP contribution is 2.76.